The van der Waals surface area contributed by atoms with Crippen LogP contribution in [0.5, 0.6) is 6.01 Å². The van der Waals surface area contributed by atoms with Gasteiger partial charge in [0.15, 0.2) is 0 Å². The molecule has 0 aliphatic carbocycles. The third-order valence-electron chi connectivity index (χ3n) is 5.66. The fraction of sp³-hybridized carbons (Fsp3) is 0.217. The van der Waals surface area contributed by atoms with Crippen LogP contribution in [0, 0.1) is 13.8 Å². The van der Waals surface area contributed by atoms with Crippen molar-refractivity contribution in [1.82, 2.24) is 14.9 Å². The number of hydrogen-bond donors (Lipinski definition) is 1. The Kier molecular flexibility index (Phi) is 4.44. The quantitative estimate of drug-likeness (QED) is 0.640. The van der Waals surface area contributed by atoms with Gasteiger partial charge in [0, 0.05) is 27.7 Å². The van der Waals surface area contributed by atoms with Crippen LogP contribution in [0.3, 0.4) is 0 Å². The van der Waals surface area contributed by atoms with Gasteiger partial charge in [-0.1, -0.05) is 41.9 Å². The van der Waals surface area contributed by atoms with Crippen molar-refractivity contribution in [2.24, 2.45) is 0 Å². The molecule has 3 aromatic rings. The van der Waals surface area contributed by atoms with E-state index >= 15 is 0 Å². The number of amides is 2. The molecule has 1 saturated heterocycles. The number of nitrogens with one attached hydrogen (secondary N) is 1. The zero-order valence-corrected chi connectivity index (χ0v) is 17.7. The monoisotopic (exact) mass is 434 g/mol. The number of carbonyl (C=O) groups is 2. The van der Waals surface area contributed by atoms with Crippen molar-refractivity contribution in [3.05, 3.63) is 82.1 Å². The summed E-state index contributed by atoms with van der Waals surface area (Å²) in [5.74, 6) is -0.592. The van der Waals surface area contributed by atoms with Crippen LogP contribution in [0.4, 0.5) is 5.69 Å². The number of carbonyl (C=O) groups excluding carboxylic acids is 2. The fourth-order valence-corrected chi connectivity index (χ4v) is 4.65. The van der Waals surface area contributed by atoms with E-state index in [1.165, 1.54) is 4.90 Å². The molecule has 1 aromatic heterocycles. The summed E-state index contributed by atoms with van der Waals surface area (Å²) >= 11 is 6.36. The number of β-lactam (4-membered cyclic amide) rings is 1. The second-order valence-corrected chi connectivity index (χ2v) is 8.16. The number of rotatable bonds is 3. The summed E-state index contributed by atoms with van der Waals surface area (Å²) in [5.41, 5.74) is 2.50. The number of nitrogens with zero attached hydrogens (tertiary/aromatic N) is 3. The Morgan fingerprint density at radius 3 is 2.48 bits per heavy atom. The summed E-state index contributed by atoms with van der Waals surface area (Å²) in [4.78, 5) is 36.1. The maximum Gasteiger partial charge on any atom is 0.317 e. The van der Waals surface area contributed by atoms with E-state index in [4.69, 9.17) is 16.3 Å². The Labute approximate surface area is 184 Å². The predicted octanol–water partition coefficient (Wildman–Crippen LogP) is 3.23. The van der Waals surface area contributed by atoms with Gasteiger partial charge >= 0.3 is 6.01 Å². The molecule has 2 aliphatic rings. The number of fused-ring (bicyclic) bond motifs is 3. The molecule has 5 rings (SSSR count). The van der Waals surface area contributed by atoms with Crippen molar-refractivity contribution >= 4 is 29.1 Å². The molecule has 31 heavy (non-hydrogen) atoms. The lowest BCUT2D eigenvalue weighted by Gasteiger charge is -2.55. The second kappa shape index (κ2) is 7.06. The Hall–Kier alpha value is -3.45. The first kappa shape index (κ1) is 19.5. The number of aromatic nitrogens is 2. The van der Waals surface area contributed by atoms with Crippen molar-refractivity contribution in [2.75, 3.05) is 11.9 Å². The van der Waals surface area contributed by atoms with E-state index in [-0.39, 0.29) is 24.4 Å². The largest absolute Gasteiger partial charge is 0.447 e. The molecule has 2 aromatic carbocycles. The minimum absolute atomic E-state index is 0.104. The third-order valence-corrected chi connectivity index (χ3v) is 5.90. The highest BCUT2D eigenvalue weighted by atomic mass is 35.5. The van der Waals surface area contributed by atoms with Crippen molar-refractivity contribution in [3.8, 4) is 6.01 Å². The molecule has 2 aliphatic heterocycles. The van der Waals surface area contributed by atoms with Gasteiger partial charge in [0.1, 0.15) is 12.1 Å². The molecule has 1 N–H and O–H groups in total. The maximum absolute atomic E-state index is 13.3. The van der Waals surface area contributed by atoms with Crippen LogP contribution in [-0.4, -0.2) is 39.3 Å². The summed E-state index contributed by atoms with van der Waals surface area (Å²) in [7, 11) is 0. The van der Waals surface area contributed by atoms with Gasteiger partial charge in [-0.15, -0.1) is 0 Å². The summed E-state index contributed by atoms with van der Waals surface area (Å²) in [6.45, 7) is 3.58. The number of benzene rings is 2. The average molecular weight is 435 g/mol. The standard InChI is InChI=1S/C23H19ClN4O3/c1-13-10-14(2)26-22(25-13)31-20-21(30)28-12-19(29)27-18-9-8-16(24)11-17(18)23(20,28)15-6-4-3-5-7-15/h3-11,20H,12H2,1-2H3,(H,27,29)/t20-,23-/m1/s1. The van der Waals surface area contributed by atoms with Gasteiger partial charge in [0.05, 0.1) is 0 Å². The number of halogens is 1. The Morgan fingerprint density at radius 1 is 1.06 bits per heavy atom. The average Bonchev–Trinajstić information content (AvgIpc) is 2.84. The Bertz CT molecular complexity index is 1200. The first-order valence-corrected chi connectivity index (χ1v) is 10.2. The van der Waals surface area contributed by atoms with Gasteiger partial charge in [-0.2, -0.15) is 0 Å². The highest BCUT2D eigenvalue weighted by Crippen LogP contribution is 2.52. The lowest BCUT2D eigenvalue weighted by molar-refractivity contribution is -0.177. The van der Waals surface area contributed by atoms with Gasteiger partial charge in [-0.3, -0.25) is 9.59 Å². The topological polar surface area (TPSA) is 84.4 Å². The lowest BCUT2D eigenvalue weighted by Crippen LogP contribution is -2.74. The van der Waals surface area contributed by atoms with E-state index < -0.39 is 11.6 Å². The highest BCUT2D eigenvalue weighted by Gasteiger charge is 2.66. The Morgan fingerprint density at radius 2 is 1.77 bits per heavy atom. The predicted molar refractivity (Wildman–Crippen MR) is 115 cm³/mol. The maximum atomic E-state index is 13.3. The van der Waals surface area contributed by atoms with Crippen molar-refractivity contribution in [2.45, 2.75) is 25.5 Å². The van der Waals surface area contributed by atoms with Crippen LogP contribution in [0.1, 0.15) is 22.5 Å². The van der Waals surface area contributed by atoms with E-state index in [0.717, 1.165) is 17.0 Å². The van der Waals surface area contributed by atoms with Gasteiger partial charge in [-0.05, 0) is 43.7 Å². The van der Waals surface area contributed by atoms with Crippen LogP contribution in [0.2, 0.25) is 5.02 Å². The minimum atomic E-state index is -1.06. The summed E-state index contributed by atoms with van der Waals surface area (Å²) in [6, 6.07) is 16.7. The van der Waals surface area contributed by atoms with Crippen LogP contribution < -0.4 is 10.1 Å². The third kappa shape index (κ3) is 2.96. The van der Waals surface area contributed by atoms with Crippen LogP contribution in [0.15, 0.2) is 54.6 Å². The van der Waals surface area contributed by atoms with E-state index in [2.05, 4.69) is 15.3 Å². The van der Waals surface area contributed by atoms with Gasteiger partial charge < -0.3 is 15.0 Å². The van der Waals surface area contributed by atoms with Crippen LogP contribution >= 0.6 is 11.6 Å². The molecule has 0 bridgehead atoms. The molecule has 8 heteroatoms. The number of aryl methyl sites for hydroxylation is 2. The first-order valence-electron chi connectivity index (χ1n) is 9.85. The molecule has 0 saturated carbocycles. The molecule has 2 atom stereocenters. The smallest absolute Gasteiger partial charge is 0.317 e. The number of ether oxygens (including phenoxy) is 1. The van der Waals surface area contributed by atoms with Crippen molar-refractivity contribution in [3.63, 3.8) is 0 Å². The zero-order chi connectivity index (χ0) is 21.8. The van der Waals surface area contributed by atoms with Crippen LogP contribution in [-0.2, 0) is 15.1 Å². The van der Waals surface area contributed by atoms with E-state index in [0.29, 0.717) is 16.3 Å². The molecule has 0 unspecified atom stereocenters. The molecule has 2 amide bonds. The van der Waals surface area contributed by atoms with Gasteiger partial charge in [0.25, 0.3) is 5.91 Å². The number of anilines is 1. The molecule has 0 radical (unpaired) electrons. The van der Waals surface area contributed by atoms with Crippen molar-refractivity contribution in [1.29, 1.82) is 0 Å². The van der Waals surface area contributed by atoms with Crippen molar-refractivity contribution < 1.29 is 14.3 Å². The Balaban J connectivity index is 1.74. The van der Waals surface area contributed by atoms with E-state index in [1.807, 2.05) is 50.2 Å². The minimum Gasteiger partial charge on any atom is -0.447 e. The number of hydrogen-bond acceptors (Lipinski definition) is 5. The molecular weight excluding hydrogens is 416 g/mol. The van der Waals surface area contributed by atoms with E-state index in [9.17, 15) is 9.59 Å². The first-order chi connectivity index (χ1) is 14.9. The zero-order valence-electron chi connectivity index (χ0n) is 16.9. The highest BCUT2D eigenvalue weighted by molar-refractivity contribution is 6.30. The van der Waals surface area contributed by atoms with Gasteiger partial charge in [-0.25, -0.2) is 9.97 Å². The SMILES string of the molecule is Cc1cc(C)nc(O[C@@H]2C(=O)N3CC(=O)Nc4ccc(Cl)cc4[C@]23c2ccccc2)n1. The summed E-state index contributed by atoms with van der Waals surface area (Å²) in [5, 5.41) is 3.38. The van der Waals surface area contributed by atoms with E-state index in [1.54, 1.807) is 18.2 Å². The lowest BCUT2D eigenvalue weighted by atomic mass is 9.69. The molecule has 156 valence electrons. The normalized spacial score (nSPS) is 22.0. The molecule has 7 nitrogen and oxygen atoms in total. The second-order valence-electron chi connectivity index (χ2n) is 7.73. The van der Waals surface area contributed by atoms with Gasteiger partial charge in [0.2, 0.25) is 12.0 Å². The summed E-state index contributed by atoms with van der Waals surface area (Å²) in [6.07, 6.45) is -0.957. The molecule has 0 spiro atoms. The van der Waals surface area contributed by atoms with Crippen LogP contribution in [0.25, 0.3) is 0 Å². The summed E-state index contributed by atoms with van der Waals surface area (Å²) < 4.78 is 6.14. The molecular formula is C23H19ClN4O3. The fourth-order valence-electron chi connectivity index (χ4n) is 4.48. The molecule has 3 heterocycles. The molecule has 1 fully saturated rings.